The van der Waals surface area contributed by atoms with Crippen LogP contribution in [0.25, 0.3) is 0 Å². The van der Waals surface area contributed by atoms with Gasteiger partial charge in [0.1, 0.15) is 23.9 Å². The summed E-state index contributed by atoms with van der Waals surface area (Å²) in [6.07, 6.45) is 0. The first-order valence-corrected chi connectivity index (χ1v) is 3.83. The molecule has 0 aliphatic carbocycles. The third kappa shape index (κ3) is 1.15. The minimum Gasteiger partial charge on any atom is -0.487 e. The lowest BCUT2D eigenvalue weighted by Gasteiger charge is -2.15. The van der Waals surface area contributed by atoms with Crippen LogP contribution in [0.3, 0.4) is 0 Å². The summed E-state index contributed by atoms with van der Waals surface area (Å²) in [6, 6.07) is 6.85. The van der Waals surface area contributed by atoms with Crippen molar-refractivity contribution >= 4 is 11.7 Å². The molecule has 0 saturated heterocycles. The average molecular weight is 174 g/mol. The van der Waals surface area contributed by atoms with Gasteiger partial charge < -0.3 is 4.74 Å². The van der Waals surface area contributed by atoms with E-state index in [1.807, 2.05) is 0 Å². The zero-order chi connectivity index (χ0) is 9.26. The fourth-order valence-corrected chi connectivity index (χ4v) is 1.23. The Hall–Kier alpha value is -1.86. The fourth-order valence-electron chi connectivity index (χ4n) is 1.23. The molecule has 0 atom stereocenters. The van der Waals surface area contributed by atoms with E-state index in [1.165, 1.54) is 0 Å². The predicted molar refractivity (Wildman–Crippen MR) is 45.5 cm³/mol. The Balaban J connectivity index is 2.57. The molecule has 0 unspecified atom stereocenters. The molecule has 13 heavy (non-hydrogen) atoms. The number of ether oxygens (including phenoxy) is 1. The molecule has 0 aromatic heterocycles. The van der Waals surface area contributed by atoms with Crippen molar-refractivity contribution in [3.05, 3.63) is 35.4 Å². The molecule has 3 heteroatoms. The maximum atomic E-state index is 11.5. The SMILES string of the molecule is O=C=C1COc2ccccc2C1=O. The molecule has 1 aliphatic rings. The summed E-state index contributed by atoms with van der Waals surface area (Å²) in [5.41, 5.74) is 0.491. The lowest BCUT2D eigenvalue weighted by Crippen LogP contribution is -2.19. The van der Waals surface area contributed by atoms with Crippen molar-refractivity contribution < 1.29 is 14.3 Å². The van der Waals surface area contributed by atoms with Gasteiger partial charge in [-0.05, 0) is 12.1 Å². The Morgan fingerprint density at radius 2 is 2.08 bits per heavy atom. The van der Waals surface area contributed by atoms with Gasteiger partial charge in [0.2, 0.25) is 5.78 Å². The van der Waals surface area contributed by atoms with Gasteiger partial charge in [0.25, 0.3) is 0 Å². The third-order valence-electron chi connectivity index (χ3n) is 1.90. The van der Waals surface area contributed by atoms with Crippen LogP contribution in [-0.2, 0) is 4.79 Å². The first-order chi connectivity index (χ1) is 6.33. The van der Waals surface area contributed by atoms with E-state index in [9.17, 15) is 9.59 Å². The first-order valence-electron chi connectivity index (χ1n) is 3.83. The maximum absolute atomic E-state index is 11.5. The van der Waals surface area contributed by atoms with Crippen molar-refractivity contribution in [2.75, 3.05) is 6.61 Å². The van der Waals surface area contributed by atoms with Crippen LogP contribution < -0.4 is 4.74 Å². The molecule has 64 valence electrons. The Labute approximate surface area is 74.6 Å². The van der Waals surface area contributed by atoms with E-state index in [1.54, 1.807) is 30.2 Å². The summed E-state index contributed by atoms with van der Waals surface area (Å²) in [6.45, 7) is 0.0271. The fraction of sp³-hybridized carbons (Fsp3) is 0.100. The molecule has 1 aromatic rings. The summed E-state index contributed by atoms with van der Waals surface area (Å²) in [5.74, 6) is 1.84. The molecular weight excluding hydrogens is 168 g/mol. The van der Waals surface area contributed by atoms with Gasteiger partial charge in [0.05, 0.1) is 5.56 Å². The molecule has 0 fully saturated rings. The minimum atomic E-state index is -0.281. The summed E-state index contributed by atoms with van der Waals surface area (Å²) in [7, 11) is 0. The first kappa shape index (κ1) is 7.77. The van der Waals surface area contributed by atoms with Gasteiger partial charge in [-0.25, -0.2) is 4.79 Å². The Morgan fingerprint density at radius 1 is 1.31 bits per heavy atom. The van der Waals surface area contributed by atoms with Gasteiger partial charge in [-0.3, -0.25) is 4.79 Å². The minimum absolute atomic E-state index is 0.0271. The molecular formula is C10H6O3. The molecule has 0 amide bonds. The highest BCUT2D eigenvalue weighted by molar-refractivity contribution is 6.15. The van der Waals surface area contributed by atoms with E-state index in [0.29, 0.717) is 11.3 Å². The number of para-hydroxylation sites is 1. The topological polar surface area (TPSA) is 43.4 Å². The number of fused-ring (bicyclic) bond motifs is 1. The van der Waals surface area contributed by atoms with Crippen LogP contribution in [0, 0.1) is 0 Å². The molecule has 0 saturated carbocycles. The number of hydrogen-bond acceptors (Lipinski definition) is 3. The van der Waals surface area contributed by atoms with Gasteiger partial charge in [-0.1, -0.05) is 12.1 Å². The smallest absolute Gasteiger partial charge is 0.207 e. The van der Waals surface area contributed by atoms with Crippen LogP contribution in [0.2, 0.25) is 0 Å². The van der Waals surface area contributed by atoms with Crippen molar-refractivity contribution in [2.45, 2.75) is 0 Å². The summed E-state index contributed by atoms with van der Waals surface area (Å²) < 4.78 is 5.18. The normalized spacial score (nSPS) is 14.5. The molecule has 1 aliphatic heterocycles. The lowest BCUT2D eigenvalue weighted by molar-refractivity contribution is 0.100. The van der Waals surface area contributed by atoms with Crippen molar-refractivity contribution in [1.82, 2.24) is 0 Å². The largest absolute Gasteiger partial charge is 0.487 e. The maximum Gasteiger partial charge on any atom is 0.207 e. The number of carbonyl (C=O) groups excluding carboxylic acids is 2. The predicted octanol–water partition coefficient (Wildman–Crippen LogP) is 1.02. The zero-order valence-corrected chi connectivity index (χ0v) is 6.74. The Bertz CT molecular complexity index is 414. The number of benzene rings is 1. The van der Waals surface area contributed by atoms with E-state index >= 15 is 0 Å². The van der Waals surface area contributed by atoms with Crippen molar-refractivity contribution in [3.8, 4) is 5.75 Å². The van der Waals surface area contributed by atoms with E-state index in [4.69, 9.17) is 4.74 Å². The number of carbonyl (C=O) groups is 1. The Kier molecular flexibility index (Phi) is 1.72. The van der Waals surface area contributed by atoms with E-state index in [0.717, 1.165) is 0 Å². The number of ketones is 1. The molecule has 1 aromatic carbocycles. The standard InChI is InChI=1S/C10H6O3/c11-5-7-6-13-9-4-2-1-3-8(9)10(7)12/h1-4H,6H2. The van der Waals surface area contributed by atoms with Gasteiger partial charge in [0, 0.05) is 0 Å². The number of hydrogen-bond donors (Lipinski definition) is 0. The molecule has 3 nitrogen and oxygen atoms in total. The second-order valence-corrected chi connectivity index (χ2v) is 2.69. The Morgan fingerprint density at radius 3 is 2.85 bits per heavy atom. The average Bonchev–Trinajstić information content (AvgIpc) is 2.19. The van der Waals surface area contributed by atoms with Crippen molar-refractivity contribution in [2.24, 2.45) is 0 Å². The summed E-state index contributed by atoms with van der Waals surface area (Å²) in [5, 5.41) is 0. The van der Waals surface area contributed by atoms with Gasteiger partial charge in [0.15, 0.2) is 0 Å². The second kappa shape index (κ2) is 2.88. The van der Waals surface area contributed by atoms with E-state index < -0.39 is 0 Å². The highest BCUT2D eigenvalue weighted by atomic mass is 16.5. The lowest BCUT2D eigenvalue weighted by atomic mass is 10.0. The number of rotatable bonds is 0. The number of Topliss-reactive ketones (excluding diaryl/α,β-unsaturated/α-hetero) is 1. The highest BCUT2D eigenvalue weighted by Crippen LogP contribution is 2.25. The molecule has 0 N–H and O–H groups in total. The van der Waals surface area contributed by atoms with Crippen LogP contribution in [0.1, 0.15) is 10.4 Å². The van der Waals surface area contributed by atoms with Crippen LogP contribution in [0.15, 0.2) is 29.8 Å². The van der Waals surface area contributed by atoms with Crippen molar-refractivity contribution in [1.29, 1.82) is 0 Å². The third-order valence-corrected chi connectivity index (χ3v) is 1.90. The summed E-state index contributed by atoms with van der Waals surface area (Å²) >= 11 is 0. The van der Waals surface area contributed by atoms with Gasteiger partial charge in [-0.2, -0.15) is 0 Å². The second-order valence-electron chi connectivity index (χ2n) is 2.69. The van der Waals surface area contributed by atoms with Crippen LogP contribution in [0.4, 0.5) is 0 Å². The van der Waals surface area contributed by atoms with E-state index in [-0.39, 0.29) is 18.0 Å². The van der Waals surface area contributed by atoms with Crippen LogP contribution >= 0.6 is 0 Å². The monoisotopic (exact) mass is 174 g/mol. The highest BCUT2D eigenvalue weighted by Gasteiger charge is 2.23. The zero-order valence-electron chi connectivity index (χ0n) is 6.74. The molecule has 0 spiro atoms. The van der Waals surface area contributed by atoms with Crippen LogP contribution in [0.5, 0.6) is 5.75 Å². The molecule has 0 bridgehead atoms. The molecule has 2 rings (SSSR count). The van der Waals surface area contributed by atoms with Gasteiger partial charge >= 0.3 is 0 Å². The summed E-state index contributed by atoms with van der Waals surface area (Å²) in [4.78, 5) is 21.8. The molecule has 1 heterocycles. The van der Waals surface area contributed by atoms with Crippen molar-refractivity contribution in [3.63, 3.8) is 0 Å². The van der Waals surface area contributed by atoms with Gasteiger partial charge in [-0.15, -0.1) is 0 Å². The van der Waals surface area contributed by atoms with Crippen LogP contribution in [-0.4, -0.2) is 18.3 Å². The molecule has 0 radical (unpaired) electrons. The van der Waals surface area contributed by atoms with E-state index in [2.05, 4.69) is 0 Å². The quantitative estimate of drug-likeness (QED) is 0.435.